The molecule has 7 nitrogen and oxygen atoms in total. The van der Waals surface area contributed by atoms with Gasteiger partial charge in [0, 0.05) is 18.8 Å². The first-order chi connectivity index (χ1) is 14.8. The average Bonchev–Trinajstić information content (AvgIpc) is 3.13. The van der Waals surface area contributed by atoms with Crippen LogP contribution in [-0.4, -0.2) is 21.5 Å². The third-order valence-electron chi connectivity index (χ3n) is 6.01. The number of benzene rings is 1. The zero-order chi connectivity index (χ0) is 22.4. The minimum Gasteiger partial charge on any atom is -0.392 e. The molecule has 3 rings (SSSR count). The quantitative estimate of drug-likeness (QED) is 0.660. The van der Waals surface area contributed by atoms with Crippen molar-refractivity contribution < 1.29 is 14.0 Å². The van der Waals surface area contributed by atoms with Gasteiger partial charge in [0.25, 0.3) is 0 Å². The van der Waals surface area contributed by atoms with Gasteiger partial charge < -0.3 is 9.73 Å². The molecule has 0 spiro atoms. The number of aromatic nitrogens is 2. The van der Waals surface area contributed by atoms with Crippen LogP contribution < -0.4 is 11.1 Å². The lowest BCUT2D eigenvalue weighted by Gasteiger charge is -2.34. The summed E-state index contributed by atoms with van der Waals surface area (Å²) >= 11 is 0. The summed E-state index contributed by atoms with van der Waals surface area (Å²) in [5.74, 6) is -1.06. The zero-order valence-electron chi connectivity index (χ0n) is 18.7. The maximum absolute atomic E-state index is 13.1. The number of Topliss-reactive ketones (excluding diaryl/α,β-unsaturated/α-hetero) is 1. The normalized spacial score (nSPS) is 16.8. The van der Waals surface area contributed by atoms with Crippen molar-refractivity contribution in [3.8, 4) is 0 Å². The van der Waals surface area contributed by atoms with Gasteiger partial charge in [-0.1, -0.05) is 63.4 Å². The number of hydrogen-bond acceptors (Lipinski definition) is 5. The molecule has 1 fully saturated rings. The van der Waals surface area contributed by atoms with E-state index in [9.17, 15) is 14.4 Å². The highest BCUT2D eigenvalue weighted by molar-refractivity contribution is 5.90. The average molecular weight is 428 g/mol. The number of nitrogens with zero attached hydrogens (tertiary/aromatic N) is 2. The van der Waals surface area contributed by atoms with Crippen LogP contribution in [0.1, 0.15) is 70.8 Å². The Kier molecular flexibility index (Phi) is 7.46. The second-order valence-electron chi connectivity index (χ2n) is 9.00. The number of rotatable bonds is 9. The minimum atomic E-state index is -1.53. The van der Waals surface area contributed by atoms with Crippen LogP contribution in [0.25, 0.3) is 0 Å². The van der Waals surface area contributed by atoms with E-state index in [-0.39, 0.29) is 35.8 Å². The van der Waals surface area contributed by atoms with Gasteiger partial charge in [-0.3, -0.25) is 9.59 Å². The first-order valence-electron chi connectivity index (χ1n) is 11.3. The van der Waals surface area contributed by atoms with Gasteiger partial charge in [-0.15, -0.1) is 5.10 Å². The Bertz CT molecular complexity index is 941. The molecule has 1 heterocycles. The van der Waals surface area contributed by atoms with Gasteiger partial charge in [-0.2, -0.15) is 4.68 Å². The van der Waals surface area contributed by atoms with Gasteiger partial charge in [0.15, 0.2) is 11.4 Å². The predicted octanol–water partition coefficient (Wildman–Crippen LogP) is 3.61. The molecular weight excluding hydrogens is 394 g/mol. The highest BCUT2D eigenvalue weighted by atomic mass is 16.4. The Balaban J connectivity index is 1.89. The van der Waals surface area contributed by atoms with Crippen LogP contribution in [0.2, 0.25) is 0 Å². The summed E-state index contributed by atoms with van der Waals surface area (Å²) in [6.07, 6.45) is 6.10. The third kappa shape index (κ3) is 5.51. The Labute approximate surface area is 183 Å². The summed E-state index contributed by atoms with van der Waals surface area (Å²) in [5, 5.41) is 7.30. The van der Waals surface area contributed by atoms with Crippen LogP contribution in [0.4, 0.5) is 0 Å². The van der Waals surface area contributed by atoms with Crippen LogP contribution in [0.5, 0.6) is 0 Å². The van der Waals surface area contributed by atoms with Crippen molar-refractivity contribution in [3.63, 3.8) is 0 Å². The van der Waals surface area contributed by atoms with Crippen LogP contribution in [-0.2, 0) is 28.1 Å². The van der Waals surface area contributed by atoms with E-state index < -0.39 is 11.4 Å². The topological polar surface area (TPSA) is 94.2 Å². The van der Waals surface area contributed by atoms with Crippen LogP contribution in [0, 0.1) is 11.8 Å². The molecule has 0 radical (unpaired) electrons. The monoisotopic (exact) mass is 427 g/mol. The zero-order valence-corrected chi connectivity index (χ0v) is 18.7. The van der Waals surface area contributed by atoms with E-state index in [1.54, 1.807) is 0 Å². The van der Waals surface area contributed by atoms with Crippen molar-refractivity contribution in [2.75, 3.05) is 0 Å². The number of carbonyl (C=O) groups is 2. The second kappa shape index (κ2) is 10.1. The molecule has 1 N–H and O–H groups in total. The first kappa shape index (κ1) is 23.0. The van der Waals surface area contributed by atoms with Crippen molar-refractivity contribution in [1.29, 1.82) is 0 Å². The SMILES string of the molecule is CC(=O)C(CC(C)C)(NC(=O)C1CCCCC1)n1nc(CCc2ccccc2)oc1=O. The molecule has 31 heavy (non-hydrogen) atoms. The number of nitrogens with one attached hydrogen (secondary N) is 1. The van der Waals surface area contributed by atoms with E-state index in [1.165, 1.54) is 6.92 Å². The molecule has 0 saturated heterocycles. The van der Waals surface area contributed by atoms with Crippen LogP contribution in [0.3, 0.4) is 0 Å². The molecule has 168 valence electrons. The van der Waals surface area contributed by atoms with E-state index in [1.807, 2.05) is 44.2 Å². The summed E-state index contributed by atoms with van der Waals surface area (Å²) < 4.78 is 6.46. The van der Waals surface area contributed by atoms with Crippen LogP contribution >= 0.6 is 0 Å². The first-order valence-corrected chi connectivity index (χ1v) is 11.3. The van der Waals surface area contributed by atoms with E-state index in [0.29, 0.717) is 12.8 Å². The van der Waals surface area contributed by atoms with E-state index in [0.717, 1.165) is 42.3 Å². The van der Waals surface area contributed by atoms with Crippen molar-refractivity contribution in [3.05, 3.63) is 52.3 Å². The van der Waals surface area contributed by atoms with Gasteiger partial charge in [-0.25, -0.2) is 4.79 Å². The number of aryl methyl sites for hydroxylation is 2. The van der Waals surface area contributed by atoms with Gasteiger partial charge in [-0.05, 0) is 37.7 Å². The molecule has 1 unspecified atom stereocenters. The minimum absolute atomic E-state index is 0.0481. The second-order valence-corrected chi connectivity index (χ2v) is 9.00. The van der Waals surface area contributed by atoms with Crippen molar-refractivity contribution >= 4 is 11.7 Å². The van der Waals surface area contributed by atoms with E-state index in [4.69, 9.17) is 4.42 Å². The maximum Gasteiger partial charge on any atom is 0.439 e. The standard InChI is InChI=1S/C24H33N3O4/c1-17(2)16-24(18(3)28,25-22(29)20-12-8-5-9-13-20)27-23(30)31-21(26-27)15-14-19-10-6-4-7-11-19/h4,6-7,10-11,17,20H,5,8-9,12-16H2,1-3H3,(H,25,29). The van der Waals surface area contributed by atoms with E-state index >= 15 is 0 Å². The summed E-state index contributed by atoms with van der Waals surface area (Å²) in [6, 6.07) is 9.85. The maximum atomic E-state index is 13.1. The van der Waals surface area contributed by atoms with Gasteiger partial charge in [0.1, 0.15) is 0 Å². The molecule has 0 bridgehead atoms. The molecule has 1 aliphatic carbocycles. The van der Waals surface area contributed by atoms with Gasteiger partial charge in [0.05, 0.1) is 0 Å². The molecule has 1 atom stereocenters. The Morgan fingerprint density at radius 1 is 1.16 bits per heavy atom. The van der Waals surface area contributed by atoms with Gasteiger partial charge in [0.2, 0.25) is 11.8 Å². The molecule has 1 aromatic carbocycles. The lowest BCUT2D eigenvalue weighted by Crippen LogP contribution is -2.60. The fourth-order valence-electron chi connectivity index (χ4n) is 4.39. The van der Waals surface area contributed by atoms with Crippen molar-refractivity contribution in [2.45, 2.75) is 77.8 Å². The molecule has 1 saturated carbocycles. The Morgan fingerprint density at radius 3 is 2.45 bits per heavy atom. The summed E-state index contributed by atoms with van der Waals surface area (Å²) in [7, 11) is 0. The number of carbonyl (C=O) groups excluding carboxylic acids is 2. The molecule has 1 aliphatic rings. The highest BCUT2D eigenvalue weighted by Crippen LogP contribution is 2.28. The fourth-order valence-corrected chi connectivity index (χ4v) is 4.39. The smallest absolute Gasteiger partial charge is 0.392 e. The molecular formula is C24H33N3O4. The van der Waals surface area contributed by atoms with Crippen LogP contribution in [0.15, 0.2) is 39.5 Å². The summed E-state index contributed by atoms with van der Waals surface area (Å²) in [4.78, 5) is 38.7. The van der Waals surface area contributed by atoms with E-state index in [2.05, 4.69) is 10.4 Å². The lowest BCUT2D eigenvalue weighted by atomic mass is 9.87. The number of hydrogen-bond donors (Lipinski definition) is 1. The highest BCUT2D eigenvalue weighted by Gasteiger charge is 2.44. The van der Waals surface area contributed by atoms with Crippen molar-refractivity contribution in [1.82, 2.24) is 15.1 Å². The largest absolute Gasteiger partial charge is 0.439 e. The fraction of sp³-hybridized carbons (Fsp3) is 0.583. The Hall–Kier alpha value is -2.70. The molecule has 1 amide bonds. The number of amides is 1. The third-order valence-corrected chi connectivity index (χ3v) is 6.01. The number of ketones is 1. The summed E-state index contributed by atoms with van der Waals surface area (Å²) in [6.45, 7) is 5.30. The summed E-state index contributed by atoms with van der Waals surface area (Å²) in [5.41, 5.74) is -0.431. The molecule has 7 heteroatoms. The Morgan fingerprint density at radius 2 is 1.84 bits per heavy atom. The molecule has 2 aromatic rings. The predicted molar refractivity (Wildman–Crippen MR) is 117 cm³/mol. The molecule has 1 aromatic heterocycles. The van der Waals surface area contributed by atoms with Crippen molar-refractivity contribution in [2.24, 2.45) is 11.8 Å². The van der Waals surface area contributed by atoms with Gasteiger partial charge >= 0.3 is 5.76 Å². The lowest BCUT2D eigenvalue weighted by molar-refractivity contribution is -0.139. The molecule has 0 aliphatic heterocycles.